The van der Waals surface area contributed by atoms with Gasteiger partial charge in [-0.3, -0.25) is 0 Å². The fraction of sp³-hybridized carbons (Fsp3) is 0.538. The summed E-state index contributed by atoms with van der Waals surface area (Å²) in [5, 5.41) is 9.83. The van der Waals surface area contributed by atoms with Crippen molar-refractivity contribution in [3.8, 4) is 5.75 Å². The Labute approximate surface area is 96.0 Å². The van der Waals surface area contributed by atoms with Gasteiger partial charge in [-0.05, 0) is 19.9 Å². The van der Waals surface area contributed by atoms with Gasteiger partial charge in [0.15, 0.2) is 6.29 Å². The van der Waals surface area contributed by atoms with E-state index in [1.807, 2.05) is 32.0 Å². The summed E-state index contributed by atoms with van der Waals surface area (Å²) < 4.78 is 11.3. The molecule has 0 radical (unpaired) electrons. The molecule has 1 aromatic rings. The molecule has 1 aliphatic rings. The Morgan fingerprint density at radius 2 is 1.75 bits per heavy atom. The summed E-state index contributed by atoms with van der Waals surface area (Å²) in [7, 11) is 0. The van der Waals surface area contributed by atoms with E-state index in [0.29, 0.717) is 5.75 Å². The van der Waals surface area contributed by atoms with Gasteiger partial charge in [0.25, 0.3) is 0 Å². The highest BCUT2D eigenvalue weighted by Crippen LogP contribution is 2.38. The molecule has 1 heterocycles. The molecule has 16 heavy (non-hydrogen) atoms. The van der Waals surface area contributed by atoms with Crippen LogP contribution in [0.15, 0.2) is 24.3 Å². The van der Waals surface area contributed by atoms with E-state index >= 15 is 0 Å². The number of aromatic hydroxyl groups is 1. The van der Waals surface area contributed by atoms with Crippen LogP contribution in [0.4, 0.5) is 0 Å². The van der Waals surface area contributed by atoms with Crippen LogP contribution in [0, 0.1) is 5.92 Å². The molecule has 0 amide bonds. The Morgan fingerprint density at radius 1 is 1.06 bits per heavy atom. The van der Waals surface area contributed by atoms with Crippen molar-refractivity contribution in [1.82, 2.24) is 0 Å². The third-order valence-corrected chi connectivity index (χ3v) is 3.21. The highest BCUT2D eigenvalue weighted by atomic mass is 16.7. The number of phenols is 1. The zero-order valence-electron chi connectivity index (χ0n) is 9.88. The van der Waals surface area contributed by atoms with Crippen LogP contribution < -0.4 is 0 Å². The molecule has 1 fully saturated rings. The third-order valence-electron chi connectivity index (χ3n) is 3.21. The van der Waals surface area contributed by atoms with Crippen LogP contribution in [0.2, 0.25) is 0 Å². The normalized spacial score (nSPS) is 34.9. The zero-order chi connectivity index (χ0) is 11.7. The van der Waals surface area contributed by atoms with E-state index in [1.165, 1.54) is 0 Å². The first-order valence-corrected chi connectivity index (χ1v) is 5.68. The Kier molecular flexibility index (Phi) is 3.17. The van der Waals surface area contributed by atoms with Crippen molar-refractivity contribution in [2.75, 3.05) is 0 Å². The van der Waals surface area contributed by atoms with Gasteiger partial charge in [-0.1, -0.05) is 25.1 Å². The summed E-state index contributed by atoms with van der Waals surface area (Å²) in [6, 6.07) is 7.32. The van der Waals surface area contributed by atoms with E-state index in [9.17, 15) is 5.11 Å². The molecule has 0 bridgehead atoms. The Bertz CT molecular complexity index is 364. The average molecular weight is 222 g/mol. The van der Waals surface area contributed by atoms with Gasteiger partial charge in [-0.2, -0.15) is 0 Å². The highest BCUT2D eigenvalue weighted by Gasteiger charge is 2.34. The van der Waals surface area contributed by atoms with Gasteiger partial charge < -0.3 is 14.6 Å². The maximum atomic E-state index is 9.83. The quantitative estimate of drug-likeness (QED) is 0.794. The first-order valence-electron chi connectivity index (χ1n) is 5.68. The number of hydrogen-bond donors (Lipinski definition) is 1. The molecule has 0 aliphatic carbocycles. The fourth-order valence-corrected chi connectivity index (χ4v) is 2.12. The average Bonchev–Trinajstić information content (AvgIpc) is 2.24. The second-order valence-electron chi connectivity index (χ2n) is 4.38. The smallest absolute Gasteiger partial charge is 0.156 e. The van der Waals surface area contributed by atoms with E-state index in [0.717, 1.165) is 5.56 Å². The largest absolute Gasteiger partial charge is 0.508 e. The van der Waals surface area contributed by atoms with Crippen LogP contribution >= 0.6 is 0 Å². The summed E-state index contributed by atoms with van der Waals surface area (Å²) in [5.41, 5.74) is 0.844. The number of phenolic OH excluding ortho intramolecular Hbond substituents is 1. The lowest BCUT2D eigenvalue weighted by Crippen LogP contribution is -2.37. The zero-order valence-corrected chi connectivity index (χ0v) is 9.88. The first-order chi connectivity index (χ1) is 7.59. The topological polar surface area (TPSA) is 38.7 Å². The van der Waals surface area contributed by atoms with Crippen molar-refractivity contribution in [3.05, 3.63) is 29.8 Å². The molecule has 3 nitrogen and oxygen atoms in total. The van der Waals surface area contributed by atoms with Crippen LogP contribution in [-0.4, -0.2) is 17.5 Å². The van der Waals surface area contributed by atoms with E-state index in [4.69, 9.17) is 9.47 Å². The molecule has 1 N–H and O–H groups in total. The van der Waals surface area contributed by atoms with Crippen molar-refractivity contribution in [1.29, 1.82) is 0 Å². The van der Waals surface area contributed by atoms with Crippen LogP contribution in [-0.2, 0) is 9.47 Å². The molecule has 0 spiro atoms. The van der Waals surface area contributed by atoms with Gasteiger partial charge in [0.05, 0.1) is 12.2 Å². The molecular formula is C13H18O3. The predicted octanol–water partition coefficient (Wildman–Crippen LogP) is 2.85. The molecule has 0 aromatic heterocycles. The molecular weight excluding hydrogens is 204 g/mol. The summed E-state index contributed by atoms with van der Waals surface area (Å²) in [4.78, 5) is 0. The van der Waals surface area contributed by atoms with Crippen molar-refractivity contribution in [2.45, 2.75) is 39.3 Å². The number of hydrogen-bond acceptors (Lipinski definition) is 3. The molecule has 0 unspecified atom stereocenters. The molecule has 1 aromatic carbocycles. The second kappa shape index (κ2) is 4.44. The standard InChI is InChI=1S/C13H18O3/c1-8-9(2)15-10(3)16-13(8)11-6-4-5-7-12(11)14/h4-10,13-14H,1-3H3/t8-,9+,10+,13+/m1/s1. The lowest BCUT2D eigenvalue weighted by Gasteiger charge is -2.38. The highest BCUT2D eigenvalue weighted by molar-refractivity contribution is 5.34. The number of ether oxygens (including phenoxy) is 2. The van der Waals surface area contributed by atoms with Crippen LogP contribution in [0.1, 0.15) is 32.4 Å². The minimum atomic E-state index is -0.226. The molecule has 4 atom stereocenters. The maximum absolute atomic E-state index is 9.83. The Hall–Kier alpha value is -1.06. The maximum Gasteiger partial charge on any atom is 0.156 e. The molecule has 1 saturated heterocycles. The van der Waals surface area contributed by atoms with Gasteiger partial charge in [0.1, 0.15) is 5.75 Å². The van der Waals surface area contributed by atoms with Crippen molar-refractivity contribution in [3.63, 3.8) is 0 Å². The SMILES string of the molecule is C[C@H]1O[C@@H](C)[C@@H](C)[C@@H](c2ccccc2O)O1. The van der Waals surface area contributed by atoms with E-state index in [-0.39, 0.29) is 24.4 Å². The first kappa shape index (κ1) is 11.4. The fourth-order valence-electron chi connectivity index (χ4n) is 2.12. The van der Waals surface area contributed by atoms with Gasteiger partial charge >= 0.3 is 0 Å². The predicted molar refractivity (Wildman–Crippen MR) is 61.1 cm³/mol. The second-order valence-corrected chi connectivity index (χ2v) is 4.38. The lowest BCUT2D eigenvalue weighted by atomic mass is 9.91. The van der Waals surface area contributed by atoms with E-state index < -0.39 is 0 Å². The molecule has 3 heteroatoms. The van der Waals surface area contributed by atoms with E-state index in [1.54, 1.807) is 6.07 Å². The van der Waals surface area contributed by atoms with Gasteiger partial charge in [-0.15, -0.1) is 0 Å². The number of para-hydroxylation sites is 1. The minimum Gasteiger partial charge on any atom is -0.508 e. The lowest BCUT2D eigenvalue weighted by molar-refractivity contribution is -0.256. The molecule has 2 rings (SSSR count). The summed E-state index contributed by atoms with van der Waals surface area (Å²) in [5.74, 6) is 0.519. The molecule has 0 saturated carbocycles. The summed E-state index contributed by atoms with van der Waals surface area (Å²) in [6.45, 7) is 6.00. The number of benzene rings is 1. The Balaban J connectivity index is 2.29. The van der Waals surface area contributed by atoms with Crippen LogP contribution in [0.3, 0.4) is 0 Å². The van der Waals surface area contributed by atoms with Crippen LogP contribution in [0.25, 0.3) is 0 Å². The van der Waals surface area contributed by atoms with E-state index in [2.05, 4.69) is 6.92 Å². The monoisotopic (exact) mass is 222 g/mol. The van der Waals surface area contributed by atoms with Gasteiger partial charge in [0, 0.05) is 11.5 Å². The van der Waals surface area contributed by atoms with Crippen LogP contribution in [0.5, 0.6) is 5.75 Å². The molecule has 88 valence electrons. The van der Waals surface area contributed by atoms with Crippen molar-refractivity contribution < 1.29 is 14.6 Å². The number of rotatable bonds is 1. The molecule has 1 aliphatic heterocycles. The van der Waals surface area contributed by atoms with Crippen molar-refractivity contribution in [2.24, 2.45) is 5.92 Å². The third kappa shape index (κ3) is 2.06. The van der Waals surface area contributed by atoms with Crippen molar-refractivity contribution >= 4 is 0 Å². The summed E-state index contributed by atoms with van der Waals surface area (Å²) >= 11 is 0. The Morgan fingerprint density at radius 3 is 2.44 bits per heavy atom. The van der Waals surface area contributed by atoms with Gasteiger partial charge in [0.2, 0.25) is 0 Å². The summed E-state index contributed by atoms with van der Waals surface area (Å²) in [6.07, 6.45) is -0.191. The van der Waals surface area contributed by atoms with Gasteiger partial charge in [-0.25, -0.2) is 0 Å². The minimum absolute atomic E-state index is 0.0973.